The van der Waals surface area contributed by atoms with Crippen LogP contribution >= 0.6 is 0 Å². The summed E-state index contributed by atoms with van der Waals surface area (Å²) in [4.78, 5) is 2.08. The molecule has 1 aromatic carbocycles. The van der Waals surface area contributed by atoms with Gasteiger partial charge in [0, 0.05) is 12.2 Å². The van der Waals surface area contributed by atoms with Gasteiger partial charge < -0.3 is 9.73 Å². The quantitative estimate of drug-likeness (QED) is 0.716. The number of rotatable bonds is 9. The third kappa shape index (κ3) is 4.56. The van der Waals surface area contributed by atoms with E-state index < -0.39 is 0 Å². The average molecular weight is 288 g/mol. The average Bonchev–Trinajstić information content (AvgIpc) is 2.98. The highest BCUT2D eigenvalue weighted by atomic mass is 16.4. The van der Waals surface area contributed by atoms with Crippen molar-refractivity contribution in [1.29, 1.82) is 0 Å². The van der Waals surface area contributed by atoms with E-state index in [0.29, 0.717) is 18.5 Å². The fourth-order valence-electron chi connectivity index (χ4n) is 2.06. The number of unbranched alkanes of at least 4 members (excludes halogenated alkanes) is 1. The number of para-hydroxylation sites is 1. The third-order valence-electron chi connectivity index (χ3n) is 3.19. The van der Waals surface area contributed by atoms with Crippen LogP contribution in [0.15, 0.2) is 34.7 Å². The number of hydrogen-bond donors (Lipinski definition) is 1. The highest BCUT2D eigenvalue weighted by Crippen LogP contribution is 2.24. The molecule has 0 aliphatic rings. The van der Waals surface area contributed by atoms with Gasteiger partial charge in [0.1, 0.15) is 0 Å². The number of aromatic nitrogens is 2. The van der Waals surface area contributed by atoms with E-state index in [2.05, 4.69) is 46.4 Å². The van der Waals surface area contributed by atoms with Gasteiger partial charge in [0.25, 0.3) is 0 Å². The maximum absolute atomic E-state index is 5.79. The smallest absolute Gasteiger partial charge is 0.322 e. The second kappa shape index (κ2) is 8.42. The van der Waals surface area contributed by atoms with Crippen molar-refractivity contribution in [2.45, 2.75) is 39.7 Å². The molecule has 0 radical (unpaired) electrons. The Labute approximate surface area is 126 Å². The molecule has 5 heteroatoms. The highest BCUT2D eigenvalue weighted by molar-refractivity contribution is 5.55. The molecular formula is C16H24N4O. The first-order valence-electron chi connectivity index (χ1n) is 7.70. The standard InChI is InChI=1S/C16H24N4O/c1-3-5-12-20(14-9-7-6-8-10-14)16-19-18-15(21-16)13-17-11-4-2/h6-10,17H,3-5,11-13H2,1-2H3. The maximum atomic E-state index is 5.79. The molecule has 0 aliphatic carbocycles. The van der Waals surface area contributed by atoms with Crippen LogP contribution in [0.3, 0.4) is 0 Å². The SMILES string of the molecule is CCCCN(c1ccccc1)c1nnc(CNCCC)o1. The van der Waals surface area contributed by atoms with Gasteiger partial charge in [-0.2, -0.15) is 0 Å². The molecule has 0 saturated carbocycles. The molecule has 0 fully saturated rings. The van der Waals surface area contributed by atoms with E-state index in [9.17, 15) is 0 Å². The van der Waals surface area contributed by atoms with E-state index in [1.807, 2.05) is 18.2 Å². The minimum absolute atomic E-state index is 0.572. The van der Waals surface area contributed by atoms with Crippen LogP contribution in [0.25, 0.3) is 0 Å². The maximum Gasteiger partial charge on any atom is 0.322 e. The van der Waals surface area contributed by atoms with Crippen molar-refractivity contribution in [3.63, 3.8) is 0 Å². The molecule has 0 unspecified atom stereocenters. The predicted octanol–water partition coefficient (Wildman–Crippen LogP) is 3.51. The number of anilines is 2. The van der Waals surface area contributed by atoms with Gasteiger partial charge in [-0.15, -0.1) is 5.10 Å². The van der Waals surface area contributed by atoms with Gasteiger partial charge in [-0.05, 0) is 31.5 Å². The number of hydrogen-bond acceptors (Lipinski definition) is 5. The van der Waals surface area contributed by atoms with Crippen molar-refractivity contribution in [3.8, 4) is 0 Å². The summed E-state index contributed by atoms with van der Waals surface area (Å²) >= 11 is 0. The van der Waals surface area contributed by atoms with Crippen molar-refractivity contribution in [3.05, 3.63) is 36.2 Å². The fourth-order valence-corrected chi connectivity index (χ4v) is 2.06. The molecule has 0 aliphatic heterocycles. The van der Waals surface area contributed by atoms with Crippen LogP contribution in [0.2, 0.25) is 0 Å². The lowest BCUT2D eigenvalue weighted by Crippen LogP contribution is -2.18. The summed E-state index contributed by atoms with van der Waals surface area (Å²) in [7, 11) is 0. The molecule has 0 spiro atoms. The second-order valence-corrected chi connectivity index (χ2v) is 5.00. The molecule has 1 heterocycles. The number of benzene rings is 1. The van der Waals surface area contributed by atoms with Gasteiger partial charge in [-0.25, -0.2) is 0 Å². The van der Waals surface area contributed by atoms with E-state index in [4.69, 9.17) is 4.42 Å². The number of nitrogens with zero attached hydrogens (tertiary/aromatic N) is 3. The Balaban J connectivity index is 2.09. The largest absolute Gasteiger partial charge is 0.406 e. The monoisotopic (exact) mass is 288 g/mol. The van der Waals surface area contributed by atoms with E-state index in [0.717, 1.165) is 38.0 Å². The predicted molar refractivity (Wildman–Crippen MR) is 84.7 cm³/mol. The van der Waals surface area contributed by atoms with Gasteiger partial charge in [-0.1, -0.05) is 43.6 Å². The van der Waals surface area contributed by atoms with Crippen LogP contribution in [0, 0.1) is 0 Å². The van der Waals surface area contributed by atoms with Crippen LogP contribution in [-0.2, 0) is 6.54 Å². The van der Waals surface area contributed by atoms with Crippen LogP contribution in [-0.4, -0.2) is 23.3 Å². The van der Waals surface area contributed by atoms with E-state index in [-0.39, 0.29) is 0 Å². The summed E-state index contributed by atoms with van der Waals surface area (Å²) in [6.07, 6.45) is 3.30. The molecule has 0 saturated heterocycles. The number of nitrogens with one attached hydrogen (secondary N) is 1. The molecular weight excluding hydrogens is 264 g/mol. The molecule has 1 aromatic heterocycles. The van der Waals surface area contributed by atoms with Crippen LogP contribution in [0.1, 0.15) is 39.0 Å². The molecule has 0 amide bonds. The van der Waals surface area contributed by atoms with Crippen molar-refractivity contribution in [2.24, 2.45) is 0 Å². The molecule has 2 aromatic rings. The van der Waals surface area contributed by atoms with Gasteiger partial charge in [0.05, 0.1) is 6.54 Å². The van der Waals surface area contributed by atoms with Crippen molar-refractivity contribution < 1.29 is 4.42 Å². The van der Waals surface area contributed by atoms with Crippen LogP contribution in [0.4, 0.5) is 11.7 Å². The lowest BCUT2D eigenvalue weighted by Gasteiger charge is -2.19. The summed E-state index contributed by atoms with van der Waals surface area (Å²) in [5, 5.41) is 11.6. The van der Waals surface area contributed by atoms with Gasteiger partial charge in [0.2, 0.25) is 5.89 Å². The van der Waals surface area contributed by atoms with Gasteiger partial charge in [-0.3, -0.25) is 4.90 Å². The van der Waals surface area contributed by atoms with Gasteiger partial charge >= 0.3 is 6.01 Å². The van der Waals surface area contributed by atoms with E-state index >= 15 is 0 Å². The Morgan fingerprint density at radius 1 is 1.10 bits per heavy atom. The lowest BCUT2D eigenvalue weighted by molar-refractivity contribution is 0.467. The normalized spacial score (nSPS) is 10.8. The molecule has 1 N–H and O–H groups in total. The molecule has 2 rings (SSSR count). The van der Waals surface area contributed by atoms with E-state index in [1.54, 1.807) is 0 Å². The molecule has 114 valence electrons. The topological polar surface area (TPSA) is 54.2 Å². The summed E-state index contributed by atoms with van der Waals surface area (Å²) in [5.41, 5.74) is 1.09. The van der Waals surface area contributed by atoms with Crippen LogP contribution < -0.4 is 10.2 Å². The van der Waals surface area contributed by atoms with Gasteiger partial charge in [0.15, 0.2) is 0 Å². The first-order chi connectivity index (χ1) is 10.3. The molecule has 5 nitrogen and oxygen atoms in total. The Kier molecular flexibility index (Phi) is 6.22. The van der Waals surface area contributed by atoms with Crippen LogP contribution in [0.5, 0.6) is 0 Å². The summed E-state index contributed by atoms with van der Waals surface area (Å²) in [6.45, 7) is 6.77. The molecule has 0 atom stereocenters. The first kappa shape index (κ1) is 15.5. The third-order valence-corrected chi connectivity index (χ3v) is 3.19. The van der Waals surface area contributed by atoms with Crippen molar-refractivity contribution in [2.75, 3.05) is 18.0 Å². The van der Waals surface area contributed by atoms with Crippen molar-refractivity contribution >= 4 is 11.7 Å². The fraction of sp³-hybridized carbons (Fsp3) is 0.500. The Hall–Kier alpha value is -1.88. The summed E-state index contributed by atoms with van der Waals surface area (Å²) in [5.74, 6) is 0.635. The minimum Gasteiger partial charge on any atom is -0.406 e. The zero-order valence-corrected chi connectivity index (χ0v) is 12.9. The lowest BCUT2D eigenvalue weighted by atomic mass is 10.2. The second-order valence-electron chi connectivity index (χ2n) is 5.00. The highest BCUT2D eigenvalue weighted by Gasteiger charge is 2.15. The summed E-state index contributed by atoms with van der Waals surface area (Å²) in [6, 6.07) is 10.8. The Bertz CT molecular complexity index is 512. The summed E-state index contributed by atoms with van der Waals surface area (Å²) < 4.78 is 5.79. The first-order valence-corrected chi connectivity index (χ1v) is 7.70. The molecule has 0 bridgehead atoms. The van der Waals surface area contributed by atoms with Crippen molar-refractivity contribution in [1.82, 2.24) is 15.5 Å². The Morgan fingerprint density at radius 2 is 1.90 bits per heavy atom. The zero-order chi connectivity index (χ0) is 14.9. The Morgan fingerprint density at radius 3 is 2.62 bits per heavy atom. The minimum atomic E-state index is 0.572. The van der Waals surface area contributed by atoms with E-state index in [1.165, 1.54) is 0 Å². The molecule has 21 heavy (non-hydrogen) atoms. The zero-order valence-electron chi connectivity index (χ0n) is 12.9.